The predicted octanol–water partition coefficient (Wildman–Crippen LogP) is 2.49. The summed E-state index contributed by atoms with van der Waals surface area (Å²) in [4.78, 5) is 11.8. The molecular weight excluding hydrogens is 340 g/mol. The van der Waals surface area contributed by atoms with Crippen LogP contribution in [-0.2, 0) is 22.9 Å². The van der Waals surface area contributed by atoms with Gasteiger partial charge in [0.25, 0.3) is 10.0 Å². The highest BCUT2D eigenvalue weighted by Crippen LogP contribution is 2.22. The molecule has 0 heterocycles. The van der Waals surface area contributed by atoms with Crippen LogP contribution in [0.2, 0.25) is 0 Å². The number of hydrogen-bond donors (Lipinski definition) is 2. The van der Waals surface area contributed by atoms with Gasteiger partial charge in [-0.25, -0.2) is 17.9 Å². The molecular formula is C18H22N2O4S. The summed E-state index contributed by atoms with van der Waals surface area (Å²) in [5, 5.41) is 2.56. The summed E-state index contributed by atoms with van der Waals surface area (Å²) in [6.07, 6.45) is 1.56. The number of nitrogens with one attached hydrogen (secondary N) is 2. The molecule has 2 rings (SSSR count). The first-order valence-electron chi connectivity index (χ1n) is 7.97. The molecule has 6 nitrogen and oxygen atoms in total. The minimum absolute atomic E-state index is 0.0803. The lowest BCUT2D eigenvalue weighted by molar-refractivity contribution is 0.246. The number of benzene rings is 2. The van der Waals surface area contributed by atoms with Crippen molar-refractivity contribution in [2.75, 3.05) is 13.7 Å². The number of aryl methyl sites for hydroxylation is 1. The van der Waals surface area contributed by atoms with Gasteiger partial charge in [0, 0.05) is 6.54 Å². The van der Waals surface area contributed by atoms with E-state index in [1.54, 1.807) is 12.1 Å². The maximum Gasteiger partial charge on any atom is 0.328 e. The second kappa shape index (κ2) is 8.53. The molecule has 2 amide bonds. The van der Waals surface area contributed by atoms with E-state index in [4.69, 9.17) is 4.74 Å². The second-order valence-electron chi connectivity index (χ2n) is 5.44. The Balaban J connectivity index is 1.93. The van der Waals surface area contributed by atoms with E-state index >= 15 is 0 Å². The van der Waals surface area contributed by atoms with Crippen LogP contribution < -0.4 is 14.8 Å². The zero-order valence-corrected chi connectivity index (χ0v) is 15.1. The van der Waals surface area contributed by atoms with Crippen LogP contribution in [0.15, 0.2) is 53.4 Å². The zero-order valence-electron chi connectivity index (χ0n) is 14.3. The van der Waals surface area contributed by atoms with Crippen molar-refractivity contribution in [3.8, 4) is 5.75 Å². The summed E-state index contributed by atoms with van der Waals surface area (Å²) in [5.74, 6) is 0.180. The van der Waals surface area contributed by atoms with E-state index in [-0.39, 0.29) is 10.6 Å². The van der Waals surface area contributed by atoms with Gasteiger partial charge < -0.3 is 10.1 Å². The molecule has 0 aliphatic rings. The Bertz CT molecular complexity index is 834. The van der Waals surface area contributed by atoms with Crippen LogP contribution in [0.1, 0.15) is 18.1 Å². The van der Waals surface area contributed by atoms with Crippen LogP contribution in [0.5, 0.6) is 5.75 Å². The van der Waals surface area contributed by atoms with Crippen molar-refractivity contribution >= 4 is 16.1 Å². The lowest BCUT2D eigenvalue weighted by Gasteiger charge is -2.11. The molecule has 0 aliphatic heterocycles. The summed E-state index contributed by atoms with van der Waals surface area (Å²) >= 11 is 0. The van der Waals surface area contributed by atoms with Crippen LogP contribution in [-0.4, -0.2) is 28.1 Å². The van der Waals surface area contributed by atoms with Gasteiger partial charge >= 0.3 is 6.03 Å². The summed E-state index contributed by atoms with van der Waals surface area (Å²) < 4.78 is 31.6. The van der Waals surface area contributed by atoms with Gasteiger partial charge in [0.2, 0.25) is 0 Å². The van der Waals surface area contributed by atoms with Gasteiger partial charge in [0.15, 0.2) is 0 Å². The zero-order chi connectivity index (χ0) is 18.3. The quantitative estimate of drug-likeness (QED) is 0.792. The average molecular weight is 362 g/mol. The summed E-state index contributed by atoms with van der Waals surface area (Å²) in [5.41, 5.74) is 2.31. The summed E-state index contributed by atoms with van der Waals surface area (Å²) in [6.45, 7) is 2.41. The van der Waals surface area contributed by atoms with E-state index in [1.165, 1.54) is 24.8 Å². The monoisotopic (exact) mass is 362 g/mol. The number of urea groups is 1. The molecule has 0 fully saturated rings. The van der Waals surface area contributed by atoms with Crippen LogP contribution in [0.3, 0.4) is 0 Å². The lowest BCUT2D eigenvalue weighted by atomic mass is 10.1. The van der Waals surface area contributed by atoms with Crippen LogP contribution in [0.25, 0.3) is 0 Å². The highest BCUT2D eigenvalue weighted by Gasteiger charge is 2.21. The fourth-order valence-corrected chi connectivity index (χ4v) is 3.48. The minimum atomic E-state index is -4.00. The van der Waals surface area contributed by atoms with Crippen molar-refractivity contribution in [1.82, 2.24) is 10.0 Å². The van der Waals surface area contributed by atoms with Crippen molar-refractivity contribution in [3.63, 3.8) is 0 Å². The van der Waals surface area contributed by atoms with Crippen molar-refractivity contribution in [3.05, 3.63) is 59.7 Å². The Morgan fingerprint density at radius 1 is 1.08 bits per heavy atom. The summed E-state index contributed by atoms with van der Waals surface area (Å²) in [7, 11) is -2.62. The number of methoxy groups -OCH3 is 1. The first-order valence-corrected chi connectivity index (χ1v) is 9.46. The Hall–Kier alpha value is -2.54. The van der Waals surface area contributed by atoms with Gasteiger partial charge in [0.05, 0.1) is 7.11 Å². The molecule has 2 aromatic rings. The number of amides is 2. The third-order valence-electron chi connectivity index (χ3n) is 3.68. The Morgan fingerprint density at radius 2 is 1.80 bits per heavy atom. The highest BCUT2D eigenvalue weighted by molar-refractivity contribution is 7.90. The third-order valence-corrected chi connectivity index (χ3v) is 5.05. The second-order valence-corrected chi connectivity index (χ2v) is 7.09. The molecule has 2 N–H and O–H groups in total. The van der Waals surface area contributed by atoms with E-state index in [9.17, 15) is 13.2 Å². The maximum absolute atomic E-state index is 12.3. The molecule has 0 aromatic heterocycles. The van der Waals surface area contributed by atoms with Gasteiger partial charge in [-0.1, -0.05) is 43.3 Å². The fourth-order valence-electron chi connectivity index (χ4n) is 2.38. The van der Waals surface area contributed by atoms with E-state index < -0.39 is 16.1 Å². The molecule has 0 bridgehead atoms. The molecule has 0 saturated carbocycles. The topological polar surface area (TPSA) is 84.5 Å². The number of para-hydroxylation sites is 1. The first-order chi connectivity index (χ1) is 12.0. The number of rotatable bonds is 7. The molecule has 7 heteroatoms. The molecule has 0 aliphatic carbocycles. The molecule has 0 saturated heterocycles. The Morgan fingerprint density at radius 3 is 2.52 bits per heavy atom. The first kappa shape index (κ1) is 18.8. The molecule has 134 valence electrons. The summed E-state index contributed by atoms with van der Waals surface area (Å²) in [6, 6.07) is 13.4. The van der Waals surface area contributed by atoms with E-state index in [1.807, 2.05) is 22.9 Å². The lowest BCUT2D eigenvalue weighted by Crippen LogP contribution is -2.40. The molecule has 2 aromatic carbocycles. The van der Waals surface area contributed by atoms with Crippen molar-refractivity contribution < 1.29 is 17.9 Å². The molecule has 25 heavy (non-hydrogen) atoms. The van der Waals surface area contributed by atoms with Gasteiger partial charge in [-0.15, -0.1) is 0 Å². The normalized spacial score (nSPS) is 11.0. The van der Waals surface area contributed by atoms with Crippen molar-refractivity contribution in [2.45, 2.75) is 24.7 Å². The maximum atomic E-state index is 12.3. The number of carbonyl (C=O) groups excluding carboxylic acids is 1. The third kappa shape index (κ3) is 5.22. The van der Waals surface area contributed by atoms with Crippen LogP contribution in [0.4, 0.5) is 4.79 Å². The van der Waals surface area contributed by atoms with Gasteiger partial charge in [-0.2, -0.15) is 0 Å². The Labute approximate surface area is 148 Å². The number of carbonyl (C=O) groups is 1. The van der Waals surface area contributed by atoms with E-state index in [0.29, 0.717) is 13.0 Å². The van der Waals surface area contributed by atoms with E-state index in [2.05, 4.69) is 18.3 Å². The van der Waals surface area contributed by atoms with Gasteiger partial charge in [-0.3, -0.25) is 0 Å². The molecule has 0 radical (unpaired) electrons. The smallest absolute Gasteiger partial charge is 0.328 e. The largest absolute Gasteiger partial charge is 0.495 e. The Kier molecular flexibility index (Phi) is 6.41. The van der Waals surface area contributed by atoms with Crippen LogP contribution in [0, 0.1) is 0 Å². The predicted molar refractivity (Wildman–Crippen MR) is 96.2 cm³/mol. The number of sulfonamides is 1. The number of ether oxygens (including phenoxy) is 1. The standard InChI is InChI=1S/C18H22N2O4S/c1-3-14-7-6-8-15(13-14)11-12-19-18(21)20-25(22,23)17-10-5-4-9-16(17)24-2/h4-10,13H,3,11-12H2,1-2H3,(H2,19,20,21). The van der Waals surface area contributed by atoms with E-state index in [0.717, 1.165) is 12.0 Å². The molecule has 0 atom stereocenters. The molecule has 0 unspecified atom stereocenters. The number of hydrogen-bond acceptors (Lipinski definition) is 4. The minimum Gasteiger partial charge on any atom is -0.495 e. The van der Waals surface area contributed by atoms with Crippen molar-refractivity contribution in [2.24, 2.45) is 0 Å². The van der Waals surface area contributed by atoms with Crippen LogP contribution >= 0.6 is 0 Å². The SMILES string of the molecule is CCc1cccc(CCNC(=O)NS(=O)(=O)c2ccccc2OC)c1. The van der Waals surface area contributed by atoms with Gasteiger partial charge in [-0.05, 0) is 36.1 Å². The average Bonchev–Trinajstić information content (AvgIpc) is 2.61. The van der Waals surface area contributed by atoms with Crippen molar-refractivity contribution in [1.29, 1.82) is 0 Å². The molecule has 0 spiro atoms. The van der Waals surface area contributed by atoms with Gasteiger partial charge in [0.1, 0.15) is 10.6 Å². The fraction of sp³-hybridized carbons (Fsp3) is 0.278. The highest BCUT2D eigenvalue weighted by atomic mass is 32.2.